The van der Waals surface area contributed by atoms with Crippen LogP contribution >= 0.6 is 0 Å². The molecule has 71 heavy (non-hydrogen) atoms. The van der Waals surface area contributed by atoms with Crippen molar-refractivity contribution >= 4 is 58.9 Å². The molecule has 0 aliphatic carbocycles. The Morgan fingerprint density at radius 3 is 2.08 bits per heavy atom. The number of aryl methyl sites for hydroxylation is 1. The molecule has 23 heteroatoms. The van der Waals surface area contributed by atoms with E-state index >= 15 is 0 Å². The summed E-state index contributed by atoms with van der Waals surface area (Å²) in [6.07, 6.45) is -6.08. The number of aliphatic hydroxyl groups is 3. The predicted octanol–water partition coefficient (Wildman–Crippen LogP) is -0.459. The Kier molecular flexibility index (Phi) is 21.7. The Morgan fingerprint density at radius 1 is 0.817 bits per heavy atom. The van der Waals surface area contributed by atoms with Crippen LogP contribution < -0.4 is 16.0 Å². The van der Waals surface area contributed by atoms with Crippen molar-refractivity contribution in [3.63, 3.8) is 0 Å². The fourth-order valence-electron chi connectivity index (χ4n) is 8.03. The minimum absolute atomic E-state index is 0.0112. The number of esters is 1. The molecule has 4 rings (SSSR count). The number of Topliss-reactive ketones (excluding diaryl/α,β-unsaturated/α-hetero) is 1. The molecule has 3 heterocycles. The van der Waals surface area contributed by atoms with Gasteiger partial charge in [0.25, 0.3) is 11.8 Å². The lowest BCUT2D eigenvalue weighted by Gasteiger charge is -2.39. The Labute approximate surface area is 411 Å². The number of nitrogens with one attached hydrogen (secondary N) is 3. The highest BCUT2D eigenvalue weighted by molar-refractivity contribution is 6.15. The molecular formula is C48H69N5O18. The van der Waals surface area contributed by atoms with Crippen molar-refractivity contribution in [1.29, 1.82) is 0 Å². The van der Waals surface area contributed by atoms with E-state index < -0.39 is 120 Å². The number of methoxy groups -OCH3 is 1. The standard InChI is InChI=1S/C48H69N5O18/c1-26(2)38(51-35(55)24-52-31(23-33(45(52)63)53-36(56)14-15-37(53)57)11-12-32(54)16-17-68-20-21-69-19-18-67-7)44(62)49-27(3)43(61)50-30-10-8-29(25-70-47(66)48(4,5)6)28(22-30)9-13-34-39(58)40(59)41(60)42(71-34)46(64)65/h8,10,14-15,22,26-27,31,33-34,38-42,58-60H,9,11-13,16-21,23-25H2,1-7H3,(H,49,62)(H,50,61)(H,51,55)(H,64,65)/t27-,31+,33+,34-,38-,39-,40+,41-,42-/m0/s1. The van der Waals surface area contributed by atoms with Crippen LogP contribution in [0.5, 0.6) is 0 Å². The molecule has 2 saturated heterocycles. The number of carbonyl (C=O) groups is 9. The number of hydrogen-bond acceptors (Lipinski definition) is 17. The van der Waals surface area contributed by atoms with Crippen LogP contribution in [0.4, 0.5) is 5.69 Å². The zero-order valence-corrected chi connectivity index (χ0v) is 41.3. The third-order valence-corrected chi connectivity index (χ3v) is 12.2. The number of anilines is 1. The fourth-order valence-corrected chi connectivity index (χ4v) is 8.03. The molecule has 0 bridgehead atoms. The molecule has 0 radical (unpaired) electrons. The number of amides is 6. The second-order valence-electron chi connectivity index (χ2n) is 19.1. The van der Waals surface area contributed by atoms with Crippen molar-refractivity contribution in [2.24, 2.45) is 11.3 Å². The number of carbonyl (C=O) groups excluding carboxylic acids is 8. The minimum atomic E-state index is -1.88. The van der Waals surface area contributed by atoms with Crippen molar-refractivity contribution in [3.05, 3.63) is 41.5 Å². The van der Waals surface area contributed by atoms with Gasteiger partial charge in [-0.2, -0.15) is 0 Å². The molecule has 23 nitrogen and oxygen atoms in total. The number of aliphatic carboxylic acids is 1. The third kappa shape index (κ3) is 16.4. The second-order valence-corrected chi connectivity index (χ2v) is 19.1. The maximum atomic E-state index is 13.8. The highest BCUT2D eigenvalue weighted by Gasteiger charge is 2.48. The molecule has 394 valence electrons. The number of aliphatic hydroxyl groups excluding tert-OH is 3. The molecule has 3 aliphatic rings. The number of carboxylic acid groups (broad SMARTS) is 1. The molecule has 3 aliphatic heterocycles. The summed E-state index contributed by atoms with van der Waals surface area (Å²) in [7, 11) is 1.56. The zero-order chi connectivity index (χ0) is 52.7. The normalized spacial score (nSPS) is 23.2. The number of hydrogen-bond donors (Lipinski definition) is 7. The van der Waals surface area contributed by atoms with E-state index in [1.807, 2.05) is 0 Å². The Bertz CT molecular complexity index is 2110. The molecule has 1 aromatic carbocycles. The van der Waals surface area contributed by atoms with E-state index in [0.29, 0.717) is 30.9 Å². The number of likely N-dealkylation sites (tertiary alicyclic amines) is 1. The molecule has 9 atom stereocenters. The number of benzene rings is 1. The highest BCUT2D eigenvalue weighted by Crippen LogP contribution is 2.30. The molecular weight excluding hydrogens is 935 g/mol. The van der Waals surface area contributed by atoms with E-state index in [-0.39, 0.29) is 69.8 Å². The van der Waals surface area contributed by atoms with Crippen LogP contribution in [-0.4, -0.2) is 185 Å². The fraction of sp³-hybridized carbons (Fsp3) is 0.646. The first-order valence-corrected chi connectivity index (χ1v) is 23.6. The molecule has 0 saturated carbocycles. The molecule has 7 N–H and O–H groups in total. The van der Waals surface area contributed by atoms with Gasteiger partial charge >= 0.3 is 11.9 Å². The summed E-state index contributed by atoms with van der Waals surface area (Å²) in [4.78, 5) is 119. The molecule has 0 aromatic heterocycles. The van der Waals surface area contributed by atoms with Crippen LogP contribution in [0.1, 0.15) is 84.8 Å². The molecule has 6 amide bonds. The van der Waals surface area contributed by atoms with Crippen LogP contribution in [0.3, 0.4) is 0 Å². The van der Waals surface area contributed by atoms with E-state index in [0.717, 1.165) is 17.1 Å². The number of ether oxygens (including phenoxy) is 5. The number of nitrogens with zero attached hydrogens (tertiary/aromatic N) is 2. The Balaban J connectivity index is 1.40. The van der Waals surface area contributed by atoms with Crippen molar-refractivity contribution < 1.29 is 87.3 Å². The lowest BCUT2D eigenvalue weighted by atomic mass is 9.91. The SMILES string of the molecule is COCCOCCOCCC(=O)CC[C@@H]1C[C@@H](N2C(=O)C=CC2=O)C(=O)N1CC(=O)N[C@H](C(=O)N[C@@H](C)C(=O)Nc1ccc(COC(=O)C(C)(C)C)c(CC[C@@H]2O[C@H](C(=O)O)[C@@H](O)[C@H](O)[C@H]2O)c1)C(C)C. The van der Waals surface area contributed by atoms with E-state index in [1.165, 1.54) is 17.9 Å². The molecule has 0 unspecified atom stereocenters. The lowest BCUT2D eigenvalue weighted by Crippen LogP contribution is -2.59. The van der Waals surface area contributed by atoms with E-state index in [1.54, 1.807) is 53.9 Å². The second kappa shape index (κ2) is 26.7. The zero-order valence-electron chi connectivity index (χ0n) is 41.3. The van der Waals surface area contributed by atoms with Crippen LogP contribution in [0.25, 0.3) is 0 Å². The molecule has 1 aromatic rings. The minimum Gasteiger partial charge on any atom is -0.479 e. The summed E-state index contributed by atoms with van der Waals surface area (Å²) >= 11 is 0. The predicted molar refractivity (Wildman–Crippen MR) is 249 cm³/mol. The van der Waals surface area contributed by atoms with Gasteiger partial charge in [-0.05, 0) is 82.6 Å². The van der Waals surface area contributed by atoms with Gasteiger partial charge in [0.2, 0.25) is 23.6 Å². The van der Waals surface area contributed by atoms with Crippen molar-refractivity contribution in [2.75, 3.05) is 52.0 Å². The third-order valence-electron chi connectivity index (χ3n) is 12.2. The van der Waals surface area contributed by atoms with Gasteiger partial charge in [-0.25, -0.2) is 4.79 Å². The van der Waals surface area contributed by atoms with Crippen molar-refractivity contribution in [3.8, 4) is 0 Å². The van der Waals surface area contributed by atoms with Crippen molar-refractivity contribution in [1.82, 2.24) is 20.4 Å². The molecule has 0 spiro atoms. The van der Waals surface area contributed by atoms with E-state index in [2.05, 4.69) is 16.0 Å². The van der Waals surface area contributed by atoms with Gasteiger partial charge in [-0.3, -0.25) is 43.3 Å². The average Bonchev–Trinajstić information content (AvgIpc) is 3.80. The van der Waals surface area contributed by atoms with Gasteiger partial charge < -0.3 is 65.0 Å². The van der Waals surface area contributed by atoms with Gasteiger partial charge in [0, 0.05) is 43.8 Å². The maximum Gasteiger partial charge on any atom is 0.335 e. The smallest absolute Gasteiger partial charge is 0.335 e. The van der Waals surface area contributed by atoms with Crippen LogP contribution in [0.15, 0.2) is 30.4 Å². The highest BCUT2D eigenvalue weighted by atomic mass is 16.6. The number of imide groups is 1. The summed E-state index contributed by atoms with van der Waals surface area (Å²) in [5.74, 6) is -6.95. The van der Waals surface area contributed by atoms with E-state index in [4.69, 9.17) is 23.7 Å². The van der Waals surface area contributed by atoms with Gasteiger partial charge in [0.15, 0.2) is 6.10 Å². The monoisotopic (exact) mass is 1000 g/mol. The maximum absolute atomic E-state index is 13.8. The van der Waals surface area contributed by atoms with Crippen LogP contribution in [0, 0.1) is 11.3 Å². The average molecular weight is 1000 g/mol. The summed E-state index contributed by atoms with van der Waals surface area (Å²) in [5, 5.41) is 48.5. The molecule has 2 fully saturated rings. The first-order chi connectivity index (χ1) is 33.4. The van der Waals surface area contributed by atoms with Gasteiger partial charge in [0.1, 0.15) is 48.8 Å². The van der Waals surface area contributed by atoms with Gasteiger partial charge in [0.05, 0.1) is 51.1 Å². The van der Waals surface area contributed by atoms with Crippen molar-refractivity contribution in [2.45, 2.75) is 141 Å². The van der Waals surface area contributed by atoms with Crippen LogP contribution in [0.2, 0.25) is 0 Å². The Morgan fingerprint density at radius 2 is 1.46 bits per heavy atom. The van der Waals surface area contributed by atoms with Gasteiger partial charge in [-0.1, -0.05) is 19.9 Å². The van der Waals surface area contributed by atoms with Crippen LogP contribution in [-0.2, 0) is 79.9 Å². The number of ketones is 1. The largest absolute Gasteiger partial charge is 0.479 e. The summed E-state index contributed by atoms with van der Waals surface area (Å²) < 4.78 is 26.7. The first kappa shape index (κ1) is 57.9. The van der Waals surface area contributed by atoms with E-state index in [9.17, 15) is 63.6 Å². The Hall–Kier alpha value is -5.69. The summed E-state index contributed by atoms with van der Waals surface area (Å²) in [6, 6.07) is 0.334. The number of rotatable bonds is 27. The first-order valence-electron chi connectivity index (χ1n) is 23.6. The lowest BCUT2D eigenvalue weighted by molar-refractivity contribution is -0.228. The summed E-state index contributed by atoms with van der Waals surface area (Å²) in [5.41, 5.74) is 0.392. The van der Waals surface area contributed by atoms with Gasteiger partial charge in [-0.15, -0.1) is 0 Å². The summed E-state index contributed by atoms with van der Waals surface area (Å²) in [6.45, 7) is 10.6. The number of carboxylic acids is 1. The topological polar surface area (TPSA) is 323 Å². The quantitative estimate of drug-likeness (QED) is 0.0333.